The van der Waals surface area contributed by atoms with Gasteiger partial charge in [0.25, 0.3) is 0 Å². The van der Waals surface area contributed by atoms with Crippen LogP contribution in [0.25, 0.3) is 0 Å². The number of fused-ring (bicyclic) bond motifs is 1. The van der Waals surface area contributed by atoms with E-state index >= 15 is 0 Å². The second-order valence-electron chi connectivity index (χ2n) is 8.41. The lowest BCUT2D eigenvalue weighted by molar-refractivity contribution is -0.155. The molecular weight excluding hydrogens is 349 g/mol. The highest BCUT2D eigenvalue weighted by atomic mass is 31.2. The Morgan fingerprint density at radius 3 is 2.54 bits per heavy atom. The van der Waals surface area contributed by atoms with Gasteiger partial charge < -0.3 is 9.26 Å². The number of esters is 1. The van der Waals surface area contributed by atoms with Gasteiger partial charge in [0, 0.05) is 25.8 Å². The topological polar surface area (TPSA) is 55.8 Å². The van der Waals surface area contributed by atoms with Crippen molar-refractivity contribution < 1.29 is 18.6 Å². The summed E-state index contributed by atoms with van der Waals surface area (Å²) in [4.78, 5) is 15.2. The van der Waals surface area contributed by atoms with Gasteiger partial charge >= 0.3 is 5.97 Å². The van der Waals surface area contributed by atoms with E-state index in [9.17, 15) is 9.36 Å². The molecule has 0 saturated carbocycles. The van der Waals surface area contributed by atoms with E-state index in [0.717, 1.165) is 19.6 Å². The lowest BCUT2D eigenvalue weighted by Crippen LogP contribution is -2.36. The average Bonchev–Trinajstić information content (AvgIpc) is 2.99. The average molecular weight is 379 g/mol. The molecule has 5 nitrogen and oxygen atoms in total. The van der Waals surface area contributed by atoms with Crippen LogP contribution in [0.1, 0.15) is 33.3 Å². The molecule has 1 aromatic carbocycles. The Balaban J connectivity index is 1.76. The van der Waals surface area contributed by atoms with Crippen LogP contribution in [-0.4, -0.2) is 48.0 Å². The van der Waals surface area contributed by atoms with Crippen LogP contribution in [-0.2, 0) is 25.2 Å². The van der Waals surface area contributed by atoms with E-state index < -0.39 is 18.6 Å². The summed E-state index contributed by atoms with van der Waals surface area (Å²) < 4.78 is 24.7. The van der Waals surface area contributed by atoms with E-state index in [0.29, 0.717) is 12.8 Å². The first-order valence-corrected chi connectivity index (χ1v) is 11.3. The summed E-state index contributed by atoms with van der Waals surface area (Å²) in [5, 5.41) is 0. The van der Waals surface area contributed by atoms with E-state index in [2.05, 4.69) is 17.0 Å². The molecule has 0 aliphatic carbocycles. The Labute approximate surface area is 156 Å². The van der Waals surface area contributed by atoms with Crippen LogP contribution in [0.2, 0.25) is 0 Å². The fraction of sp³-hybridized carbons (Fsp3) is 0.650. The van der Waals surface area contributed by atoms with Gasteiger partial charge in [-0.2, -0.15) is 0 Å². The van der Waals surface area contributed by atoms with Crippen LogP contribution < -0.4 is 0 Å². The maximum Gasteiger partial charge on any atom is 0.319 e. The number of ether oxygens (including phenoxy) is 1. The number of hydrogen-bond donors (Lipinski definition) is 0. The largest absolute Gasteiger partial charge is 0.459 e. The predicted molar refractivity (Wildman–Crippen MR) is 102 cm³/mol. The van der Waals surface area contributed by atoms with Crippen molar-refractivity contribution in [3.05, 3.63) is 35.9 Å². The van der Waals surface area contributed by atoms with Gasteiger partial charge in [0.15, 0.2) is 0 Å². The fourth-order valence-corrected chi connectivity index (χ4v) is 7.56. The minimum atomic E-state index is -3.01. The molecule has 2 fully saturated rings. The highest BCUT2D eigenvalue weighted by Crippen LogP contribution is 2.65. The zero-order valence-electron chi connectivity index (χ0n) is 16.2. The molecule has 2 heterocycles. The Morgan fingerprint density at radius 1 is 1.23 bits per heavy atom. The second-order valence-corrected chi connectivity index (χ2v) is 11.0. The van der Waals surface area contributed by atoms with Gasteiger partial charge in [-0.3, -0.25) is 14.3 Å². The summed E-state index contributed by atoms with van der Waals surface area (Å²) >= 11 is 0. The van der Waals surface area contributed by atoms with E-state index in [1.165, 1.54) is 5.56 Å². The molecule has 26 heavy (non-hydrogen) atoms. The number of rotatable bonds is 5. The standard InChI is InChI=1S/C20H30NO4P/c1-5-24-26(23)14-16-12-21(11-15-9-7-6-8-10-15)13-17(16)18(26)19(22)25-20(2,3)4/h6-10,16-18H,5,11-14H2,1-4H3/t16-,17-,18+,26?/m0/s1. The minimum Gasteiger partial charge on any atom is -0.459 e. The molecule has 0 radical (unpaired) electrons. The highest BCUT2D eigenvalue weighted by Gasteiger charge is 2.59. The first-order chi connectivity index (χ1) is 12.2. The molecule has 4 atom stereocenters. The van der Waals surface area contributed by atoms with Crippen LogP contribution in [0.5, 0.6) is 0 Å². The molecular formula is C20H30NO4P. The molecule has 0 N–H and O–H groups in total. The van der Waals surface area contributed by atoms with Crippen LogP contribution in [0, 0.1) is 11.8 Å². The van der Waals surface area contributed by atoms with Gasteiger partial charge in [0.05, 0.1) is 6.61 Å². The molecule has 0 spiro atoms. The Kier molecular flexibility index (Phi) is 5.62. The van der Waals surface area contributed by atoms with Crippen molar-refractivity contribution in [1.29, 1.82) is 0 Å². The molecule has 3 rings (SSSR count). The first kappa shape index (κ1) is 19.6. The molecule has 1 unspecified atom stereocenters. The number of carbonyl (C=O) groups is 1. The SMILES string of the molecule is CCOP1(=O)C[C@@H]2CN(Cc3ccccc3)C[C@@H]2[C@@H]1C(=O)OC(C)(C)C. The van der Waals surface area contributed by atoms with Crippen LogP contribution in [0.3, 0.4) is 0 Å². The molecule has 0 bridgehead atoms. The first-order valence-electron chi connectivity index (χ1n) is 9.44. The maximum absolute atomic E-state index is 13.4. The molecule has 1 aromatic rings. The van der Waals surface area contributed by atoms with Gasteiger partial charge in [0.1, 0.15) is 11.3 Å². The van der Waals surface area contributed by atoms with Crippen molar-refractivity contribution >= 4 is 13.3 Å². The van der Waals surface area contributed by atoms with Crippen molar-refractivity contribution in [3.8, 4) is 0 Å². The summed E-state index contributed by atoms with van der Waals surface area (Å²) in [5.74, 6) is -0.0806. The van der Waals surface area contributed by atoms with Gasteiger partial charge in [0.2, 0.25) is 7.37 Å². The lowest BCUT2D eigenvalue weighted by Gasteiger charge is -2.28. The smallest absolute Gasteiger partial charge is 0.319 e. The Morgan fingerprint density at radius 2 is 1.92 bits per heavy atom. The van der Waals surface area contributed by atoms with Crippen LogP contribution in [0.15, 0.2) is 30.3 Å². The lowest BCUT2D eigenvalue weighted by atomic mass is 9.95. The van der Waals surface area contributed by atoms with Crippen molar-refractivity contribution in [2.75, 3.05) is 25.9 Å². The molecule has 144 valence electrons. The zero-order chi connectivity index (χ0) is 18.9. The van der Waals surface area contributed by atoms with Gasteiger partial charge in [-0.25, -0.2) is 0 Å². The second kappa shape index (κ2) is 7.46. The van der Waals surface area contributed by atoms with Gasteiger partial charge in [-0.15, -0.1) is 0 Å². The van der Waals surface area contributed by atoms with Crippen LogP contribution >= 0.6 is 7.37 Å². The van der Waals surface area contributed by atoms with Gasteiger partial charge in [-0.1, -0.05) is 30.3 Å². The third-order valence-corrected chi connectivity index (χ3v) is 8.25. The van der Waals surface area contributed by atoms with Crippen LogP contribution in [0.4, 0.5) is 0 Å². The van der Waals surface area contributed by atoms with E-state index in [1.54, 1.807) is 0 Å². The van der Waals surface area contributed by atoms with Crippen molar-refractivity contribution in [2.24, 2.45) is 11.8 Å². The van der Waals surface area contributed by atoms with E-state index in [-0.39, 0.29) is 17.8 Å². The highest BCUT2D eigenvalue weighted by molar-refractivity contribution is 7.61. The normalized spacial score (nSPS) is 31.8. The van der Waals surface area contributed by atoms with E-state index in [4.69, 9.17) is 9.26 Å². The molecule has 0 amide bonds. The number of hydrogen-bond acceptors (Lipinski definition) is 5. The third-order valence-electron chi connectivity index (χ3n) is 5.13. The van der Waals surface area contributed by atoms with Crippen molar-refractivity contribution in [1.82, 2.24) is 4.90 Å². The predicted octanol–water partition coefficient (Wildman–Crippen LogP) is 3.77. The van der Waals surface area contributed by atoms with E-state index in [1.807, 2.05) is 45.9 Å². The van der Waals surface area contributed by atoms with Crippen molar-refractivity contribution in [3.63, 3.8) is 0 Å². The molecule has 2 aliphatic heterocycles. The summed E-state index contributed by atoms with van der Waals surface area (Å²) in [6.07, 6.45) is 0.487. The number of nitrogens with zero attached hydrogens (tertiary/aromatic N) is 1. The van der Waals surface area contributed by atoms with Gasteiger partial charge in [-0.05, 0) is 45.1 Å². The quantitative estimate of drug-likeness (QED) is 0.576. The fourth-order valence-electron chi connectivity index (χ4n) is 4.29. The summed E-state index contributed by atoms with van der Waals surface area (Å²) in [6.45, 7) is 10.2. The summed E-state index contributed by atoms with van der Waals surface area (Å²) in [5.41, 5.74) is 0.0379. The molecule has 2 aliphatic rings. The van der Waals surface area contributed by atoms with Crippen molar-refractivity contribution in [2.45, 2.75) is 45.5 Å². The zero-order valence-corrected chi connectivity index (χ0v) is 17.1. The minimum absolute atomic E-state index is 0.0472. The Hall–Kier alpha value is -1.16. The third kappa shape index (κ3) is 4.21. The molecule has 6 heteroatoms. The molecule has 0 aromatic heterocycles. The number of benzene rings is 1. The number of likely N-dealkylation sites (tertiary alicyclic amines) is 1. The molecule has 2 saturated heterocycles. The summed E-state index contributed by atoms with van der Waals surface area (Å²) in [7, 11) is -3.01. The monoisotopic (exact) mass is 379 g/mol. The summed E-state index contributed by atoms with van der Waals surface area (Å²) in [6, 6.07) is 10.3. The maximum atomic E-state index is 13.4. The Bertz CT molecular complexity index is 685. The number of carbonyl (C=O) groups excluding carboxylic acids is 1.